The van der Waals surface area contributed by atoms with Crippen molar-refractivity contribution in [3.63, 3.8) is 0 Å². The highest BCUT2D eigenvalue weighted by Gasteiger charge is 2.20. The molecule has 1 aromatic heterocycles. The summed E-state index contributed by atoms with van der Waals surface area (Å²) in [7, 11) is 1.75. The number of amides is 1. The average Bonchev–Trinajstić information content (AvgIpc) is 3.06. The number of hydrogen-bond acceptors (Lipinski definition) is 4. The number of para-hydroxylation sites is 1. The van der Waals surface area contributed by atoms with Gasteiger partial charge in [-0.2, -0.15) is 5.26 Å². The Kier molecular flexibility index (Phi) is 6.45. The number of nitrogens with one attached hydrogen (secondary N) is 1. The number of rotatable bonds is 5. The zero-order chi connectivity index (χ0) is 23.4. The molecule has 1 fully saturated rings. The van der Waals surface area contributed by atoms with Gasteiger partial charge < -0.3 is 10.2 Å². The molecule has 7 heteroatoms. The van der Waals surface area contributed by atoms with Crippen molar-refractivity contribution in [2.24, 2.45) is 7.05 Å². The number of carbonyl (C=O) groups is 1. The summed E-state index contributed by atoms with van der Waals surface area (Å²) in [5, 5.41) is 12.2. The van der Waals surface area contributed by atoms with E-state index >= 15 is 0 Å². The first kappa shape index (κ1) is 22.2. The Hall–Kier alpha value is -4.05. The van der Waals surface area contributed by atoms with Crippen molar-refractivity contribution >= 4 is 23.4 Å². The van der Waals surface area contributed by atoms with Crippen molar-refractivity contribution in [3.8, 4) is 11.8 Å². The first-order valence-corrected chi connectivity index (χ1v) is 11.1. The molecule has 1 aliphatic rings. The van der Waals surface area contributed by atoms with Crippen molar-refractivity contribution in [1.82, 2.24) is 9.36 Å². The quantitative estimate of drug-likeness (QED) is 0.479. The lowest BCUT2D eigenvalue weighted by molar-refractivity contribution is -0.112. The fourth-order valence-corrected chi connectivity index (χ4v) is 4.14. The molecule has 2 heterocycles. The van der Waals surface area contributed by atoms with Crippen LogP contribution in [-0.2, 0) is 11.8 Å². The van der Waals surface area contributed by atoms with E-state index in [0.717, 1.165) is 24.3 Å². The van der Waals surface area contributed by atoms with E-state index in [4.69, 9.17) is 0 Å². The second-order valence-electron chi connectivity index (χ2n) is 8.20. The smallest absolute Gasteiger partial charge is 0.295 e. The van der Waals surface area contributed by atoms with E-state index in [2.05, 4.69) is 10.2 Å². The monoisotopic (exact) mass is 441 g/mol. The molecule has 1 amide bonds. The molecule has 0 saturated carbocycles. The number of nitrogens with zero attached hydrogens (tertiary/aromatic N) is 4. The minimum absolute atomic E-state index is 0.0605. The van der Waals surface area contributed by atoms with Gasteiger partial charge in [-0.05, 0) is 62.1 Å². The summed E-state index contributed by atoms with van der Waals surface area (Å²) in [6.07, 6.45) is 5.22. The average molecular weight is 442 g/mol. The van der Waals surface area contributed by atoms with Gasteiger partial charge in [-0.25, -0.2) is 4.68 Å². The second kappa shape index (κ2) is 9.61. The SMILES string of the molecule is Cc1c(NC(=O)/C(C#N)=C/c2ccc(N3CCCCC3)cc2)c(=O)n(-c2ccccc2)n1C. The second-order valence-corrected chi connectivity index (χ2v) is 8.20. The Bertz CT molecular complexity index is 1270. The van der Waals surface area contributed by atoms with Gasteiger partial charge in [0.15, 0.2) is 0 Å². The van der Waals surface area contributed by atoms with E-state index in [-0.39, 0.29) is 16.8 Å². The van der Waals surface area contributed by atoms with Gasteiger partial charge in [0.05, 0.1) is 11.4 Å². The molecular formula is C26H27N5O2. The van der Waals surface area contributed by atoms with Crippen LogP contribution < -0.4 is 15.8 Å². The molecule has 2 aromatic carbocycles. The Morgan fingerprint density at radius 1 is 1.00 bits per heavy atom. The molecule has 1 aliphatic heterocycles. The Morgan fingerprint density at radius 2 is 1.67 bits per heavy atom. The summed E-state index contributed by atoms with van der Waals surface area (Å²) in [6, 6.07) is 19.0. The fourth-order valence-electron chi connectivity index (χ4n) is 4.14. The fraction of sp³-hybridized carbons (Fsp3) is 0.269. The number of piperidine rings is 1. The van der Waals surface area contributed by atoms with Gasteiger partial charge in [0.1, 0.15) is 17.3 Å². The molecule has 0 atom stereocenters. The topological polar surface area (TPSA) is 83.1 Å². The number of aromatic nitrogens is 2. The van der Waals surface area contributed by atoms with Gasteiger partial charge >= 0.3 is 0 Å². The number of benzene rings is 2. The van der Waals surface area contributed by atoms with Crippen LogP contribution in [0.15, 0.2) is 65.0 Å². The summed E-state index contributed by atoms with van der Waals surface area (Å²) < 4.78 is 3.17. The molecular weight excluding hydrogens is 414 g/mol. The van der Waals surface area contributed by atoms with E-state index < -0.39 is 5.91 Å². The summed E-state index contributed by atoms with van der Waals surface area (Å²) in [5.74, 6) is -0.608. The predicted molar refractivity (Wildman–Crippen MR) is 130 cm³/mol. The molecule has 168 valence electrons. The third kappa shape index (κ3) is 4.60. The summed E-state index contributed by atoms with van der Waals surface area (Å²) in [6.45, 7) is 3.86. The number of carbonyl (C=O) groups excluding carboxylic acids is 1. The highest BCUT2D eigenvalue weighted by Crippen LogP contribution is 2.21. The van der Waals surface area contributed by atoms with Crippen LogP contribution >= 0.6 is 0 Å². The van der Waals surface area contributed by atoms with Gasteiger partial charge in [-0.1, -0.05) is 30.3 Å². The van der Waals surface area contributed by atoms with E-state index in [0.29, 0.717) is 11.4 Å². The van der Waals surface area contributed by atoms with Crippen molar-refractivity contribution in [2.45, 2.75) is 26.2 Å². The lowest BCUT2D eigenvalue weighted by Crippen LogP contribution is -2.29. The zero-order valence-corrected chi connectivity index (χ0v) is 18.9. The van der Waals surface area contributed by atoms with Gasteiger partial charge in [0, 0.05) is 25.8 Å². The zero-order valence-electron chi connectivity index (χ0n) is 18.9. The lowest BCUT2D eigenvalue weighted by atomic mass is 10.1. The maximum Gasteiger partial charge on any atom is 0.295 e. The Balaban J connectivity index is 1.56. The summed E-state index contributed by atoms with van der Waals surface area (Å²) >= 11 is 0. The van der Waals surface area contributed by atoms with Crippen LogP contribution in [0.4, 0.5) is 11.4 Å². The Morgan fingerprint density at radius 3 is 2.30 bits per heavy atom. The van der Waals surface area contributed by atoms with Crippen molar-refractivity contribution in [2.75, 3.05) is 23.3 Å². The van der Waals surface area contributed by atoms with Crippen molar-refractivity contribution < 1.29 is 4.79 Å². The van der Waals surface area contributed by atoms with E-state index in [1.807, 2.05) is 60.7 Å². The minimum Gasteiger partial charge on any atom is -0.372 e. The van der Waals surface area contributed by atoms with Crippen LogP contribution in [-0.4, -0.2) is 28.4 Å². The number of nitriles is 1. The highest BCUT2D eigenvalue weighted by molar-refractivity contribution is 6.09. The van der Waals surface area contributed by atoms with E-state index in [9.17, 15) is 14.9 Å². The van der Waals surface area contributed by atoms with Crippen LogP contribution in [0.25, 0.3) is 11.8 Å². The van der Waals surface area contributed by atoms with Crippen LogP contribution in [0.1, 0.15) is 30.5 Å². The first-order chi connectivity index (χ1) is 16.0. The molecule has 0 aliphatic carbocycles. The van der Waals surface area contributed by atoms with Crippen molar-refractivity contribution in [3.05, 3.63) is 81.8 Å². The van der Waals surface area contributed by atoms with E-state index in [1.165, 1.54) is 23.9 Å². The molecule has 0 spiro atoms. The molecule has 0 unspecified atom stereocenters. The van der Waals surface area contributed by atoms with Crippen LogP contribution in [0.3, 0.4) is 0 Å². The van der Waals surface area contributed by atoms with Gasteiger partial charge in [0.25, 0.3) is 11.5 Å². The highest BCUT2D eigenvalue weighted by atomic mass is 16.2. The lowest BCUT2D eigenvalue weighted by Gasteiger charge is -2.28. The largest absolute Gasteiger partial charge is 0.372 e. The van der Waals surface area contributed by atoms with Gasteiger partial charge in [-0.3, -0.25) is 14.3 Å². The third-order valence-corrected chi connectivity index (χ3v) is 6.08. The van der Waals surface area contributed by atoms with E-state index in [1.54, 1.807) is 24.7 Å². The molecule has 0 bridgehead atoms. The van der Waals surface area contributed by atoms with Crippen molar-refractivity contribution in [1.29, 1.82) is 5.26 Å². The van der Waals surface area contributed by atoms with Gasteiger partial charge in [0.2, 0.25) is 0 Å². The third-order valence-electron chi connectivity index (χ3n) is 6.08. The molecule has 0 radical (unpaired) electrons. The molecule has 3 aromatic rings. The molecule has 33 heavy (non-hydrogen) atoms. The number of anilines is 2. The molecule has 7 nitrogen and oxygen atoms in total. The summed E-state index contributed by atoms with van der Waals surface area (Å²) in [5.41, 5.74) is 2.95. The summed E-state index contributed by atoms with van der Waals surface area (Å²) in [4.78, 5) is 28.2. The Labute approximate surface area is 193 Å². The molecule has 1 N–H and O–H groups in total. The van der Waals surface area contributed by atoms with Crippen LogP contribution in [0.5, 0.6) is 0 Å². The normalized spacial score (nSPS) is 14.1. The maximum absolute atomic E-state index is 13.0. The first-order valence-electron chi connectivity index (χ1n) is 11.1. The predicted octanol–water partition coefficient (Wildman–Crippen LogP) is 4.02. The van der Waals surface area contributed by atoms with Crippen LogP contribution in [0.2, 0.25) is 0 Å². The standard InChI is InChI=1S/C26H27N5O2/c1-19-24(26(33)31(29(19)2)23-9-5-3-6-10-23)28-25(32)21(18-27)17-20-11-13-22(14-12-20)30-15-7-4-8-16-30/h3,5-6,9-14,17H,4,7-8,15-16H2,1-2H3,(H,28,32)/b21-17+. The number of hydrogen-bond donors (Lipinski definition) is 1. The minimum atomic E-state index is -0.608. The van der Waals surface area contributed by atoms with Crippen LogP contribution in [0, 0.1) is 18.3 Å². The maximum atomic E-state index is 13.0. The molecule has 4 rings (SSSR count). The van der Waals surface area contributed by atoms with Gasteiger partial charge in [-0.15, -0.1) is 0 Å². The molecule has 1 saturated heterocycles.